The fraction of sp³-hybridized carbons (Fsp3) is 0.882. The number of azo groups is 1. The van der Waals surface area contributed by atoms with Gasteiger partial charge in [-0.25, -0.2) is 9.59 Å². The number of hydrogen-bond donors (Lipinski definition) is 0. The lowest BCUT2D eigenvalue weighted by atomic mass is 10.2. The van der Waals surface area contributed by atoms with Gasteiger partial charge in [-0.2, -0.15) is 0 Å². The van der Waals surface area contributed by atoms with Crippen molar-refractivity contribution in [2.75, 3.05) is 0 Å². The van der Waals surface area contributed by atoms with Crippen LogP contribution in [-0.4, -0.2) is 26.6 Å². The van der Waals surface area contributed by atoms with Crippen LogP contribution < -0.4 is 0 Å². The first-order valence-corrected chi connectivity index (χ1v) is 10.2. The van der Waals surface area contributed by atoms with Crippen molar-refractivity contribution in [3.8, 4) is 0 Å². The van der Waals surface area contributed by atoms with E-state index in [1.807, 2.05) is 0 Å². The summed E-state index contributed by atoms with van der Waals surface area (Å²) in [6.45, 7) is 22.2. The third kappa shape index (κ3) is 5.13. The van der Waals surface area contributed by atoms with Gasteiger partial charge in [0.25, 0.3) is 8.32 Å². The molecule has 0 radical (unpaired) electrons. The molecule has 0 bridgehead atoms. The number of hydrogen-bond acceptors (Lipinski definition) is 4. The maximum atomic E-state index is 12.3. The van der Waals surface area contributed by atoms with Gasteiger partial charge < -0.3 is 9.16 Å². The second-order valence-electron chi connectivity index (χ2n) is 9.43. The first kappa shape index (κ1) is 22.8. The lowest BCUT2D eigenvalue weighted by Crippen LogP contribution is -2.61. The van der Waals surface area contributed by atoms with Crippen LogP contribution in [0.4, 0.5) is 9.59 Å². The molecule has 0 aromatic heterocycles. The van der Waals surface area contributed by atoms with Gasteiger partial charge in [0.05, 0.1) is 6.10 Å². The molecule has 0 rings (SSSR count). The smallest absolute Gasteiger partial charge is 0.452 e. The number of amides is 2. The van der Waals surface area contributed by atoms with Crippen molar-refractivity contribution < 1.29 is 18.8 Å². The molecule has 0 aliphatic rings. The Balaban J connectivity index is 5.71. The fourth-order valence-electron chi connectivity index (χ4n) is 4.29. The van der Waals surface area contributed by atoms with E-state index < -0.39 is 20.5 Å². The van der Waals surface area contributed by atoms with Crippen LogP contribution in [-0.2, 0) is 9.16 Å². The molecule has 0 fully saturated rings. The molecule has 0 saturated heterocycles. The van der Waals surface area contributed by atoms with Crippen LogP contribution in [0.2, 0.25) is 15.1 Å². The summed E-state index contributed by atoms with van der Waals surface area (Å²) in [5, 5.41) is 6.05. The Bertz CT molecular complexity index is 458. The van der Waals surface area contributed by atoms with Gasteiger partial charge in [0.2, 0.25) is 0 Å². The Morgan fingerprint density at radius 3 is 1.38 bits per heavy atom. The number of carbonyl (C=O) groups is 2. The highest BCUT2D eigenvalue weighted by atomic mass is 28.4. The van der Waals surface area contributed by atoms with Crippen LogP contribution in [0.3, 0.4) is 0 Å². The number of rotatable bonds is 2. The SMILES string of the molecule is CC(C)OC(=O)/N=N/C(=O)O[Si](C(C)(C)C)(C(C)(C)C)C(C)(C)C. The maximum absolute atomic E-state index is 12.3. The molecular formula is C17H34N2O4Si. The minimum atomic E-state index is -2.72. The summed E-state index contributed by atoms with van der Waals surface area (Å²) < 4.78 is 10.9. The number of nitrogens with zero attached hydrogens (tertiary/aromatic N) is 2. The van der Waals surface area contributed by atoms with E-state index in [-0.39, 0.29) is 21.2 Å². The zero-order valence-electron chi connectivity index (χ0n) is 17.1. The first-order chi connectivity index (χ1) is 10.5. The summed E-state index contributed by atoms with van der Waals surface area (Å²) in [7, 11) is -2.72. The van der Waals surface area contributed by atoms with Crippen molar-refractivity contribution in [2.24, 2.45) is 10.2 Å². The van der Waals surface area contributed by atoms with Crippen molar-refractivity contribution in [3.63, 3.8) is 0 Å². The maximum Gasteiger partial charge on any atom is 0.452 e. The van der Waals surface area contributed by atoms with Crippen molar-refractivity contribution >= 4 is 20.5 Å². The molecule has 140 valence electrons. The van der Waals surface area contributed by atoms with Crippen LogP contribution >= 0.6 is 0 Å². The van der Waals surface area contributed by atoms with E-state index in [1.54, 1.807) is 13.8 Å². The molecule has 0 spiro atoms. The van der Waals surface area contributed by atoms with Gasteiger partial charge in [0, 0.05) is 0 Å². The predicted octanol–water partition coefficient (Wildman–Crippen LogP) is 6.47. The molecule has 0 aromatic rings. The third-order valence-electron chi connectivity index (χ3n) is 3.96. The van der Waals surface area contributed by atoms with E-state index in [9.17, 15) is 9.59 Å². The average Bonchev–Trinajstić information content (AvgIpc) is 2.27. The Hall–Kier alpha value is -1.24. The van der Waals surface area contributed by atoms with Gasteiger partial charge in [-0.15, -0.1) is 0 Å². The van der Waals surface area contributed by atoms with Crippen molar-refractivity contribution in [1.82, 2.24) is 0 Å². The normalized spacial score (nSPS) is 14.2. The largest absolute Gasteiger partial charge is 0.499 e. The summed E-state index contributed by atoms with van der Waals surface area (Å²) in [4.78, 5) is 23.8. The standard InChI is InChI=1S/C17H34N2O4Si/c1-12(2)22-13(20)18-19-14(21)23-24(15(3,4)5,16(6,7)8)17(9,10)11/h12H,1-11H3/b19-18+. The van der Waals surface area contributed by atoms with E-state index in [0.717, 1.165) is 0 Å². The van der Waals surface area contributed by atoms with E-state index in [0.29, 0.717) is 0 Å². The van der Waals surface area contributed by atoms with Gasteiger partial charge in [0.1, 0.15) is 0 Å². The fourth-order valence-corrected chi connectivity index (χ4v) is 12.3. The molecular weight excluding hydrogens is 324 g/mol. The molecule has 24 heavy (non-hydrogen) atoms. The van der Waals surface area contributed by atoms with Gasteiger partial charge in [-0.1, -0.05) is 72.5 Å². The van der Waals surface area contributed by atoms with E-state index in [1.165, 1.54) is 0 Å². The molecule has 0 saturated carbocycles. The van der Waals surface area contributed by atoms with Gasteiger partial charge in [-0.3, -0.25) is 0 Å². The molecule has 2 amide bonds. The zero-order valence-corrected chi connectivity index (χ0v) is 18.1. The molecule has 0 N–H and O–H groups in total. The Morgan fingerprint density at radius 2 is 1.08 bits per heavy atom. The topological polar surface area (TPSA) is 77.3 Å². The number of carbonyl (C=O) groups excluding carboxylic acids is 2. The Labute approximate surface area is 147 Å². The van der Waals surface area contributed by atoms with Crippen molar-refractivity contribution in [3.05, 3.63) is 0 Å². The molecule has 0 heterocycles. The minimum Gasteiger partial charge on any atom is -0.499 e. The van der Waals surface area contributed by atoms with Gasteiger partial charge >= 0.3 is 12.2 Å². The van der Waals surface area contributed by atoms with Gasteiger partial charge in [0.15, 0.2) is 0 Å². The first-order valence-electron chi connectivity index (χ1n) is 8.31. The summed E-state index contributed by atoms with van der Waals surface area (Å²) in [5.74, 6) is 0. The monoisotopic (exact) mass is 358 g/mol. The average molecular weight is 359 g/mol. The van der Waals surface area contributed by atoms with Crippen molar-refractivity contribution in [2.45, 2.75) is 97.4 Å². The zero-order chi connectivity index (χ0) is 19.6. The van der Waals surface area contributed by atoms with Crippen LogP contribution in [0.1, 0.15) is 76.2 Å². The summed E-state index contributed by atoms with van der Waals surface area (Å²) >= 11 is 0. The van der Waals surface area contributed by atoms with Gasteiger partial charge in [-0.05, 0) is 29.0 Å². The number of ether oxygens (including phenoxy) is 1. The highest BCUT2D eigenvalue weighted by Gasteiger charge is 2.64. The molecule has 0 atom stereocenters. The Kier molecular flexibility index (Phi) is 6.95. The molecule has 0 aromatic carbocycles. The van der Waals surface area contributed by atoms with Crippen LogP contribution in [0.25, 0.3) is 0 Å². The van der Waals surface area contributed by atoms with Crippen molar-refractivity contribution in [1.29, 1.82) is 0 Å². The predicted molar refractivity (Wildman–Crippen MR) is 97.9 cm³/mol. The lowest BCUT2D eigenvalue weighted by molar-refractivity contribution is 0.123. The van der Waals surface area contributed by atoms with E-state index in [4.69, 9.17) is 9.16 Å². The molecule has 0 aliphatic carbocycles. The van der Waals surface area contributed by atoms with E-state index >= 15 is 0 Å². The summed E-state index contributed by atoms with van der Waals surface area (Å²) in [6, 6.07) is 0. The molecule has 0 unspecified atom stereocenters. The molecule has 0 aliphatic heterocycles. The molecule has 6 nitrogen and oxygen atoms in total. The highest BCUT2D eigenvalue weighted by molar-refractivity contribution is 6.83. The Morgan fingerprint density at radius 1 is 0.750 bits per heavy atom. The lowest BCUT2D eigenvalue weighted by Gasteiger charge is -2.56. The summed E-state index contributed by atoms with van der Waals surface area (Å²) in [5.41, 5.74) is 0. The second-order valence-corrected chi connectivity index (χ2v) is 15.5. The van der Waals surface area contributed by atoms with E-state index in [2.05, 4.69) is 72.5 Å². The highest BCUT2D eigenvalue weighted by Crippen LogP contribution is 2.62. The second kappa shape index (κ2) is 7.33. The minimum absolute atomic E-state index is 0.229. The third-order valence-corrected chi connectivity index (χ3v) is 10.8. The molecule has 7 heteroatoms. The summed E-state index contributed by atoms with van der Waals surface area (Å²) in [6.07, 6.45) is -2.04. The van der Waals surface area contributed by atoms with Crippen LogP contribution in [0, 0.1) is 0 Å². The van der Waals surface area contributed by atoms with Crippen LogP contribution in [0.15, 0.2) is 10.2 Å². The quantitative estimate of drug-likeness (QED) is 0.419. The van der Waals surface area contributed by atoms with Crippen LogP contribution in [0.5, 0.6) is 0 Å².